The topological polar surface area (TPSA) is 41.1 Å². The van der Waals surface area contributed by atoms with Gasteiger partial charge in [0.05, 0.1) is 6.54 Å². The van der Waals surface area contributed by atoms with E-state index < -0.39 is 0 Å². The molecule has 16 heavy (non-hydrogen) atoms. The number of nitrogens with one attached hydrogen (secondary N) is 2. The quantitative estimate of drug-likeness (QED) is 0.852. The zero-order valence-electron chi connectivity index (χ0n) is 9.87. The molecule has 2 N–H and O–H groups in total. The Bertz CT molecular complexity index is 328. The normalized spacial score (nSPS) is 11.7. The standard InChI is InChI=1S/C11H18N2OS.ClH/c1-8(6-12-3)11(14)13-7-10-5-4-9(2)15-10;/h4-5,8,12H,6-7H2,1-3H3,(H,13,14);1H. The van der Waals surface area contributed by atoms with Gasteiger partial charge in [-0.1, -0.05) is 6.92 Å². The smallest absolute Gasteiger partial charge is 0.224 e. The van der Waals surface area contributed by atoms with Gasteiger partial charge in [-0.2, -0.15) is 0 Å². The third kappa shape index (κ3) is 4.96. The summed E-state index contributed by atoms with van der Waals surface area (Å²) in [7, 11) is 1.85. The van der Waals surface area contributed by atoms with E-state index in [1.54, 1.807) is 11.3 Å². The molecule has 1 heterocycles. The van der Waals surface area contributed by atoms with Gasteiger partial charge < -0.3 is 10.6 Å². The first-order chi connectivity index (χ1) is 7.13. The van der Waals surface area contributed by atoms with Gasteiger partial charge in [-0.05, 0) is 26.1 Å². The van der Waals surface area contributed by atoms with E-state index in [9.17, 15) is 4.79 Å². The average molecular weight is 263 g/mol. The molecular formula is C11H19ClN2OS. The van der Waals surface area contributed by atoms with E-state index in [0.717, 1.165) is 6.54 Å². The van der Waals surface area contributed by atoms with Crippen LogP contribution in [0.5, 0.6) is 0 Å². The van der Waals surface area contributed by atoms with Crippen molar-refractivity contribution in [3.05, 3.63) is 21.9 Å². The van der Waals surface area contributed by atoms with Gasteiger partial charge in [0.2, 0.25) is 5.91 Å². The fourth-order valence-corrected chi connectivity index (χ4v) is 2.16. The van der Waals surface area contributed by atoms with Crippen molar-refractivity contribution in [2.45, 2.75) is 20.4 Å². The lowest BCUT2D eigenvalue weighted by Crippen LogP contribution is -2.33. The van der Waals surface area contributed by atoms with Crippen molar-refractivity contribution in [3.8, 4) is 0 Å². The molecule has 0 radical (unpaired) electrons. The molecule has 1 unspecified atom stereocenters. The summed E-state index contributed by atoms with van der Waals surface area (Å²) in [6.07, 6.45) is 0. The van der Waals surface area contributed by atoms with Crippen molar-refractivity contribution in [1.29, 1.82) is 0 Å². The summed E-state index contributed by atoms with van der Waals surface area (Å²) in [6, 6.07) is 4.13. The number of rotatable bonds is 5. The highest BCUT2D eigenvalue weighted by molar-refractivity contribution is 7.11. The third-order valence-electron chi connectivity index (χ3n) is 2.19. The molecule has 1 aromatic rings. The van der Waals surface area contributed by atoms with E-state index in [0.29, 0.717) is 6.54 Å². The Morgan fingerprint density at radius 3 is 2.69 bits per heavy atom. The van der Waals surface area contributed by atoms with Crippen molar-refractivity contribution in [3.63, 3.8) is 0 Å². The second kappa shape index (κ2) is 7.65. The SMILES string of the molecule is CNCC(C)C(=O)NCc1ccc(C)s1.Cl. The van der Waals surface area contributed by atoms with Gasteiger partial charge in [0.25, 0.3) is 0 Å². The fourth-order valence-electron chi connectivity index (χ4n) is 1.33. The van der Waals surface area contributed by atoms with Gasteiger partial charge >= 0.3 is 0 Å². The van der Waals surface area contributed by atoms with Crippen molar-refractivity contribution >= 4 is 29.7 Å². The monoisotopic (exact) mass is 262 g/mol. The zero-order chi connectivity index (χ0) is 11.3. The molecular weight excluding hydrogens is 244 g/mol. The van der Waals surface area contributed by atoms with Crippen molar-refractivity contribution in [1.82, 2.24) is 10.6 Å². The summed E-state index contributed by atoms with van der Waals surface area (Å²) in [6.45, 7) is 5.35. The summed E-state index contributed by atoms with van der Waals surface area (Å²) in [5.41, 5.74) is 0. The van der Waals surface area contributed by atoms with Crippen LogP contribution in [0.3, 0.4) is 0 Å². The summed E-state index contributed by atoms with van der Waals surface area (Å²) >= 11 is 1.72. The van der Waals surface area contributed by atoms with Crippen LogP contribution in [0.4, 0.5) is 0 Å². The van der Waals surface area contributed by atoms with Gasteiger partial charge in [-0.3, -0.25) is 4.79 Å². The number of carbonyl (C=O) groups excluding carboxylic acids is 1. The molecule has 3 nitrogen and oxygen atoms in total. The summed E-state index contributed by atoms with van der Waals surface area (Å²) < 4.78 is 0. The number of hydrogen-bond donors (Lipinski definition) is 2. The summed E-state index contributed by atoms with van der Waals surface area (Å²) in [4.78, 5) is 14.1. The summed E-state index contributed by atoms with van der Waals surface area (Å²) in [5, 5.41) is 5.92. The molecule has 92 valence electrons. The van der Waals surface area contributed by atoms with Gasteiger partial charge in [-0.25, -0.2) is 0 Å². The molecule has 0 aromatic carbocycles. The maximum atomic E-state index is 11.6. The first-order valence-electron chi connectivity index (χ1n) is 5.11. The van der Waals surface area contributed by atoms with Crippen LogP contribution in [0.2, 0.25) is 0 Å². The van der Waals surface area contributed by atoms with Crippen LogP contribution in [-0.2, 0) is 11.3 Å². The molecule has 0 aliphatic heterocycles. The molecule has 0 fully saturated rings. The van der Waals surface area contributed by atoms with Crippen LogP contribution in [0.1, 0.15) is 16.7 Å². The van der Waals surface area contributed by atoms with Crippen LogP contribution < -0.4 is 10.6 Å². The Kier molecular flexibility index (Phi) is 7.38. The van der Waals surface area contributed by atoms with E-state index in [1.807, 2.05) is 14.0 Å². The summed E-state index contributed by atoms with van der Waals surface area (Å²) in [5.74, 6) is 0.131. The van der Waals surface area contributed by atoms with E-state index in [2.05, 4.69) is 29.7 Å². The first kappa shape index (κ1) is 15.4. The lowest BCUT2D eigenvalue weighted by Gasteiger charge is -2.10. The highest BCUT2D eigenvalue weighted by atomic mass is 35.5. The number of thiophene rings is 1. The molecule has 1 amide bonds. The van der Waals surface area contributed by atoms with E-state index in [-0.39, 0.29) is 24.2 Å². The Balaban J connectivity index is 0.00000225. The number of halogens is 1. The van der Waals surface area contributed by atoms with E-state index in [1.165, 1.54) is 9.75 Å². The highest BCUT2D eigenvalue weighted by Gasteiger charge is 2.11. The van der Waals surface area contributed by atoms with Gasteiger partial charge in [0.15, 0.2) is 0 Å². The zero-order valence-corrected chi connectivity index (χ0v) is 11.5. The van der Waals surface area contributed by atoms with E-state index in [4.69, 9.17) is 0 Å². The van der Waals surface area contributed by atoms with E-state index >= 15 is 0 Å². The molecule has 0 bridgehead atoms. The Morgan fingerprint density at radius 2 is 2.19 bits per heavy atom. The van der Waals surface area contributed by atoms with Crippen LogP contribution in [0, 0.1) is 12.8 Å². The largest absolute Gasteiger partial charge is 0.351 e. The number of amides is 1. The fraction of sp³-hybridized carbons (Fsp3) is 0.545. The Morgan fingerprint density at radius 1 is 1.50 bits per heavy atom. The highest BCUT2D eigenvalue weighted by Crippen LogP contribution is 2.14. The number of hydrogen-bond acceptors (Lipinski definition) is 3. The lowest BCUT2D eigenvalue weighted by atomic mass is 10.1. The number of carbonyl (C=O) groups is 1. The van der Waals surface area contributed by atoms with Crippen LogP contribution >= 0.6 is 23.7 Å². The third-order valence-corrected chi connectivity index (χ3v) is 3.19. The predicted octanol–water partition coefficient (Wildman–Crippen LogP) is 1.95. The molecule has 0 aliphatic rings. The molecule has 5 heteroatoms. The second-order valence-corrected chi connectivity index (χ2v) is 5.06. The molecule has 0 spiro atoms. The molecule has 0 saturated carbocycles. The Hall–Kier alpha value is -0.580. The van der Waals surface area contributed by atoms with Gasteiger partial charge in [-0.15, -0.1) is 23.7 Å². The maximum absolute atomic E-state index is 11.6. The van der Waals surface area contributed by atoms with Gasteiger partial charge in [0, 0.05) is 22.2 Å². The Labute approximate surface area is 107 Å². The first-order valence-corrected chi connectivity index (χ1v) is 5.92. The lowest BCUT2D eigenvalue weighted by molar-refractivity contribution is -0.124. The minimum absolute atomic E-state index is 0. The van der Waals surface area contributed by atoms with Crippen molar-refractivity contribution in [2.24, 2.45) is 5.92 Å². The molecule has 1 atom stereocenters. The molecule has 0 aliphatic carbocycles. The average Bonchev–Trinajstić information content (AvgIpc) is 2.61. The van der Waals surface area contributed by atoms with Crippen molar-refractivity contribution in [2.75, 3.05) is 13.6 Å². The molecule has 1 aromatic heterocycles. The molecule has 0 saturated heterocycles. The van der Waals surface area contributed by atoms with Crippen LogP contribution in [0.25, 0.3) is 0 Å². The predicted molar refractivity (Wildman–Crippen MR) is 71.2 cm³/mol. The maximum Gasteiger partial charge on any atom is 0.224 e. The van der Waals surface area contributed by atoms with Crippen molar-refractivity contribution < 1.29 is 4.79 Å². The minimum atomic E-state index is 0. The molecule has 1 rings (SSSR count). The number of aryl methyl sites for hydroxylation is 1. The second-order valence-electron chi connectivity index (χ2n) is 3.69. The van der Waals surface area contributed by atoms with Crippen LogP contribution in [-0.4, -0.2) is 19.5 Å². The van der Waals surface area contributed by atoms with Gasteiger partial charge in [0.1, 0.15) is 0 Å². The van der Waals surface area contributed by atoms with Crippen LogP contribution in [0.15, 0.2) is 12.1 Å². The minimum Gasteiger partial charge on any atom is -0.351 e.